The van der Waals surface area contributed by atoms with Crippen LogP contribution in [0.25, 0.3) is 33.2 Å². The molecule has 29 heavy (non-hydrogen) atoms. The van der Waals surface area contributed by atoms with Gasteiger partial charge in [0, 0.05) is 67.1 Å². The molecule has 0 amide bonds. The Morgan fingerprint density at radius 1 is 1.21 bits per heavy atom. The van der Waals surface area contributed by atoms with Crippen molar-refractivity contribution < 1.29 is 5.11 Å². The minimum Gasteiger partial charge on any atom is -0.507 e. The summed E-state index contributed by atoms with van der Waals surface area (Å²) < 4.78 is 1.75. The number of hydrogen-bond acceptors (Lipinski definition) is 6. The molecule has 2 N–H and O–H groups in total. The molecule has 2 aromatic heterocycles. The van der Waals surface area contributed by atoms with E-state index in [9.17, 15) is 5.11 Å². The lowest BCUT2D eigenvalue weighted by atomic mass is 10.0. The first-order chi connectivity index (χ1) is 14.0. The number of aromatic hydroxyl groups is 1. The van der Waals surface area contributed by atoms with Crippen molar-refractivity contribution in [2.45, 2.75) is 19.9 Å². The van der Waals surface area contributed by atoms with E-state index in [4.69, 9.17) is 4.98 Å². The van der Waals surface area contributed by atoms with E-state index < -0.39 is 0 Å². The van der Waals surface area contributed by atoms with E-state index in [1.54, 1.807) is 4.68 Å². The first kappa shape index (κ1) is 17.9. The fraction of sp³-hybridized carbons (Fsp3) is 0.318. The second-order valence-corrected chi connectivity index (χ2v) is 7.88. The minimum atomic E-state index is 0.182. The molecule has 7 nitrogen and oxygen atoms in total. The second-order valence-electron chi connectivity index (χ2n) is 7.88. The predicted octanol–water partition coefficient (Wildman–Crippen LogP) is 3.00. The largest absolute Gasteiger partial charge is 0.507 e. The Labute approximate surface area is 169 Å². The molecule has 1 unspecified atom stereocenters. The average Bonchev–Trinajstić information content (AvgIpc) is 3.10. The van der Waals surface area contributed by atoms with Crippen molar-refractivity contribution >= 4 is 27.5 Å². The highest BCUT2D eigenvalue weighted by Crippen LogP contribution is 2.35. The van der Waals surface area contributed by atoms with Gasteiger partial charge in [-0.15, -0.1) is 0 Å². The summed E-state index contributed by atoms with van der Waals surface area (Å²) in [5.41, 5.74) is 4.22. The van der Waals surface area contributed by atoms with Gasteiger partial charge in [-0.05, 0) is 38.1 Å². The number of phenolic OH excluding ortho intramolecular Hbond substituents is 1. The van der Waals surface area contributed by atoms with E-state index in [1.807, 2.05) is 38.5 Å². The molecule has 1 fully saturated rings. The van der Waals surface area contributed by atoms with Gasteiger partial charge in [0.25, 0.3) is 0 Å². The van der Waals surface area contributed by atoms with Gasteiger partial charge in [0.05, 0.1) is 16.6 Å². The molecule has 148 valence electrons. The Hall–Kier alpha value is -3.19. The number of anilines is 1. The lowest BCUT2D eigenvalue weighted by molar-refractivity contribution is 0.473. The van der Waals surface area contributed by atoms with Crippen LogP contribution in [0.1, 0.15) is 12.5 Å². The molecule has 3 heterocycles. The van der Waals surface area contributed by atoms with Gasteiger partial charge in [0.2, 0.25) is 0 Å². The highest BCUT2D eigenvalue weighted by Gasteiger charge is 2.18. The van der Waals surface area contributed by atoms with E-state index in [2.05, 4.69) is 39.4 Å². The van der Waals surface area contributed by atoms with Crippen molar-refractivity contribution in [3.05, 3.63) is 42.2 Å². The normalized spacial score (nSPS) is 17.3. The van der Waals surface area contributed by atoms with E-state index in [1.165, 1.54) is 5.69 Å². The zero-order chi connectivity index (χ0) is 20.1. The van der Waals surface area contributed by atoms with Gasteiger partial charge < -0.3 is 15.3 Å². The summed E-state index contributed by atoms with van der Waals surface area (Å²) in [5.74, 6) is 0.703. The summed E-state index contributed by atoms with van der Waals surface area (Å²) in [6.07, 6.45) is 3.78. The van der Waals surface area contributed by atoms with Gasteiger partial charge in [-0.25, -0.2) is 9.97 Å². The van der Waals surface area contributed by atoms with Crippen LogP contribution >= 0.6 is 0 Å². The van der Waals surface area contributed by atoms with Crippen molar-refractivity contribution in [2.24, 2.45) is 7.05 Å². The second kappa shape index (κ2) is 6.70. The van der Waals surface area contributed by atoms with Gasteiger partial charge in [0.1, 0.15) is 5.75 Å². The Bertz CT molecular complexity index is 1230. The van der Waals surface area contributed by atoms with Gasteiger partial charge in [-0.1, -0.05) is 0 Å². The maximum atomic E-state index is 10.7. The predicted molar refractivity (Wildman–Crippen MR) is 115 cm³/mol. The number of aromatic nitrogens is 4. The third kappa shape index (κ3) is 3.07. The summed E-state index contributed by atoms with van der Waals surface area (Å²) in [4.78, 5) is 11.7. The molecule has 1 aliphatic heterocycles. The van der Waals surface area contributed by atoms with Crippen molar-refractivity contribution in [3.8, 4) is 17.1 Å². The molecule has 0 radical (unpaired) electrons. The van der Waals surface area contributed by atoms with Gasteiger partial charge in [-0.2, -0.15) is 5.10 Å². The van der Waals surface area contributed by atoms with Crippen LogP contribution < -0.4 is 10.2 Å². The maximum Gasteiger partial charge on any atom is 0.163 e. The molecule has 1 atom stereocenters. The van der Waals surface area contributed by atoms with E-state index in [-0.39, 0.29) is 5.75 Å². The number of piperazine rings is 1. The first-order valence-electron chi connectivity index (χ1n) is 9.91. The Morgan fingerprint density at radius 2 is 2.07 bits per heavy atom. The fourth-order valence-electron chi connectivity index (χ4n) is 4.13. The Morgan fingerprint density at radius 3 is 2.90 bits per heavy atom. The zero-order valence-corrected chi connectivity index (χ0v) is 16.8. The molecule has 4 aromatic rings. The van der Waals surface area contributed by atoms with Gasteiger partial charge in [0.15, 0.2) is 5.82 Å². The smallest absolute Gasteiger partial charge is 0.163 e. The third-order valence-electron chi connectivity index (χ3n) is 5.66. The molecule has 2 aromatic carbocycles. The van der Waals surface area contributed by atoms with Crippen LogP contribution in [-0.2, 0) is 7.05 Å². The number of phenols is 1. The van der Waals surface area contributed by atoms with Gasteiger partial charge >= 0.3 is 0 Å². The molecule has 0 spiro atoms. The van der Waals surface area contributed by atoms with E-state index >= 15 is 0 Å². The summed E-state index contributed by atoms with van der Waals surface area (Å²) in [6, 6.07) is 8.68. The van der Waals surface area contributed by atoms with Crippen molar-refractivity contribution in [1.82, 2.24) is 25.1 Å². The summed E-state index contributed by atoms with van der Waals surface area (Å²) >= 11 is 0. The zero-order valence-electron chi connectivity index (χ0n) is 16.8. The monoisotopic (exact) mass is 388 g/mol. The lowest BCUT2D eigenvalue weighted by Gasteiger charge is -2.33. The average molecular weight is 388 g/mol. The first-order valence-corrected chi connectivity index (χ1v) is 9.91. The van der Waals surface area contributed by atoms with Crippen LogP contribution in [0.3, 0.4) is 0 Å². The number of benzene rings is 2. The quantitative estimate of drug-likeness (QED) is 0.550. The van der Waals surface area contributed by atoms with Crippen molar-refractivity contribution in [3.63, 3.8) is 0 Å². The molecule has 1 aliphatic rings. The molecule has 0 saturated carbocycles. The van der Waals surface area contributed by atoms with E-state index in [0.717, 1.165) is 47.0 Å². The molecule has 0 aliphatic carbocycles. The number of aryl methyl sites for hydroxylation is 2. The summed E-state index contributed by atoms with van der Waals surface area (Å²) in [5, 5.41) is 20.6. The van der Waals surface area contributed by atoms with Crippen LogP contribution in [0, 0.1) is 6.92 Å². The van der Waals surface area contributed by atoms with Crippen LogP contribution in [0.15, 0.2) is 36.7 Å². The van der Waals surface area contributed by atoms with Crippen molar-refractivity contribution in [1.29, 1.82) is 0 Å². The number of nitrogens with zero attached hydrogens (tertiary/aromatic N) is 5. The van der Waals surface area contributed by atoms with Crippen molar-refractivity contribution in [2.75, 3.05) is 24.5 Å². The Kier molecular flexibility index (Phi) is 4.13. The maximum absolute atomic E-state index is 10.7. The molecule has 5 rings (SSSR count). The molecular weight excluding hydrogens is 364 g/mol. The van der Waals surface area contributed by atoms with Crippen LogP contribution in [-0.4, -0.2) is 50.5 Å². The molecular formula is C22H24N6O. The van der Waals surface area contributed by atoms with Crippen LogP contribution in [0.4, 0.5) is 5.69 Å². The highest BCUT2D eigenvalue weighted by atomic mass is 16.3. The Balaban J connectivity index is 1.56. The van der Waals surface area contributed by atoms with E-state index in [0.29, 0.717) is 17.4 Å². The van der Waals surface area contributed by atoms with Gasteiger partial charge in [-0.3, -0.25) is 4.68 Å². The topological polar surface area (TPSA) is 79.1 Å². The number of fused-ring (bicyclic) bond motifs is 2. The number of nitrogens with one attached hydrogen (secondary N) is 1. The van der Waals surface area contributed by atoms with Crippen LogP contribution in [0.2, 0.25) is 0 Å². The van der Waals surface area contributed by atoms with Crippen LogP contribution in [0.5, 0.6) is 5.75 Å². The molecule has 7 heteroatoms. The minimum absolute atomic E-state index is 0.182. The number of hydrogen-bond donors (Lipinski definition) is 2. The standard InChI is InChI=1S/C22H24N6O/c1-13-11-28(7-6-23-13)17-4-5-19-15(8-17)10-24-22(25-19)18-9-16-12-27(3)26-20(16)14(2)21(18)29/h4-5,8-10,12-13,23,29H,6-7,11H2,1-3H3. The molecule has 1 saturated heterocycles. The number of rotatable bonds is 2. The fourth-order valence-corrected chi connectivity index (χ4v) is 4.13. The highest BCUT2D eigenvalue weighted by molar-refractivity contribution is 5.91. The summed E-state index contributed by atoms with van der Waals surface area (Å²) in [7, 11) is 1.87. The third-order valence-corrected chi connectivity index (χ3v) is 5.66. The summed E-state index contributed by atoms with van der Waals surface area (Å²) in [6.45, 7) is 7.05. The molecule has 0 bridgehead atoms. The lowest BCUT2D eigenvalue weighted by Crippen LogP contribution is -2.49. The SMILES string of the molecule is Cc1c(O)c(-c2ncc3cc(N4CCNC(C)C4)ccc3n2)cc2cn(C)nc12.